The Morgan fingerprint density at radius 1 is 0.903 bits per heavy atom. The molecular formula is C25H23NO5. The number of fused-ring (bicyclic) bond motifs is 4. The second-order valence-electron chi connectivity index (χ2n) is 8.55. The summed E-state index contributed by atoms with van der Waals surface area (Å²) in [4.78, 5) is 50.9. The molecule has 2 aromatic rings. The zero-order chi connectivity index (χ0) is 21.5. The van der Waals surface area contributed by atoms with Crippen molar-refractivity contribution in [2.24, 2.45) is 11.8 Å². The van der Waals surface area contributed by atoms with Crippen molar-refractivity contribution in [3.05, 3.63) is 59.2 Å². The van der Waals surface area contributed by atoms with Gasteiger partial charge >= 0.3 is 5.97 Å². The number of likely N-dealkylation sites (tertiary alicyclic amines) is 1. The maximum absolute atomic E-state index is 12.6. The summed E-state index contributed by atoms with van der Waals surface area (Å²) in [5.41, 5.74) is 5.03. The molecule has 5 rings (SSSR count). The Morgan fingerprint density at radius 3 is 2.32 bits per heavy atom. The van der Waals surface area contributed by atoms with E-state index in [0.29, 0.717) is 18.4 Å². The van der Waals surface area contributed by atoms with Gasteiger partial charge in [0.25, 0.3) is 0 Å². The van der Waals surface area contributed by atoms with Crippen LogP contribution in [0.5, 0.6) is 0 Å². The summed E-state index contributed by atoms with van der Waals surface area (Å²) < 4.78 is 5.12. The van der Waals surface area contributed by atoms with Crippen molar-refractivity contribution in [2.75, 3.05) is 13.2 Å². The van der Waals surface area contributed by atoms with E-state index >= 15 is 0 Å². The smallest absolute Gasteiger partial charge is 0.326 e. The zero-order valence-corrected chi connectivity index (χ0v) is 17.1. The molecule has 1 aliphatic heterocycles. The second-order valence-corrected chi connectivity index (χ2v) is 8.55. The molecule has 2 fully saturated rings. The molecule has 0 bridgehead atoms. The minimum absolute atomic E-state index is 0.282. The van der Waals surface area contributed by atoms with Gasteiger partial charge in [-0.3, -0.25) is 24.1 Å². The fourth-order valence-corrected chi connectivity index (χ4v) is 5.09. The predicted molar refractivity (Wildman–Crippen MR) is 112 cm³/mol. The molecule has 0 spiro atoms. The summed E-state index contributed by atoms with van der Waals surface area (Å²) in [6, 6.07) is 13.6. The topological polar surface area (TPSA) is 80.8 Å². The molecule has 0 radical (unpaired) electrons. The van der Waals surface area contributed by atoms with Gasteiger partial charge in [0.2, 0.25) is 11.8 Å². The lowest BCUT2D eigenvalue weighted by Crippen LogP contribution is -2.37. The summed E-state index contributed by atoms with van der Waals surface area (Å²) in [6.45, 7) is -0.835. The molecule has 0 N–H and O–H groups in total. The third-order valence-electron chi connectivity index (χ3n) is 6.70. The third-order valence-corrected chi connectivity index (χ3v) is 6.70. The highest BCUT2D eigenvalue weighted by molar-refractivity contribution is 6.07. The van der Waals surface area contributed by atoms with Gasteiger partial charge in [0, 0.05) is 5.56 Å². The van der Waals surface area contributed by atoms with E-state index in [1.165, 1.54) is 11.1 Å². The maximum Gasteiger partial charge on any atom is 0.326 e. The third kappa shape index (κ3) is 3.46. The van der Waals surface area contributed by atoms with Crippen molar-refractivity contribution >= 4 is 23.6 Å². The number of Topliss-reactive ketones (excluding diaryl/α,β-unsaturated/α-hetero) is 1. The number of amides is 2. The first-order valence-electron chi connectivity index (χ1n) is 10.8. The molecule has 6 heteroatoms. The molecule has 0 aromatic heterocycles. The lowest BCUT2D eigenvalue weighted by molar-refractivity contribution is -0.152. The van der Waals surface area contributed by atoms with Gasteiger partial charge in [-0.25, -0.2) is 0 Å². The molecule has 2 amide bonds. The fourth-order valence-electron chi connectivity index (χ4n) is 5.09. The molecular weight excluding hydrogens is 394 g/mol. The number of carbonyl (C=O) groups is 4. The number of rotatable bonds is 5. The average molecular weight is 417 g/mol. The first-order chi connectivity index (χ1) is 15.0. The molecule has 1 saturated heterocycles. The summed E-state index contributed by atoms with van der Waals surface area (Å²) in [5, 5.41) is 0. The Bertz CT molecular complexity index is 1080. The average Bonchev–Trinajstić information content (AvgIpc) is 3.28. The molecule has 158 valence electrons. The van der Waals surface area contributed by atoms with Crippen LogP contribution in [0, 0.1) is 11.8 Å². The van der Waals surface area contributed by atoms with Crippen LogP contribution in [0.1, 0.15) is 47.2 Å². The summed E-state index contributed by atoms with van der Waals surface area (Å²) >= 11 is 0. The van der Waals surface area contributed by atoms with E-state index in [9.17, 15) is 19.2 Å². The van der Waals surface area contributed by atoms with Crippen LogP contribution >= 0.6 is 0 Å². The van der Waals surface area contributed by atoms with Crippen LogP contribution in [0.15, 0.2) is 42.5 Å². The van der Waals surface area contributed by atoms with Crippen LogP contribution in [0.4, 0.5) is 0 Å². The van der Waals surface area contributed by atoms with Gasteiger partial charge in [-0.15, -0.1) is 0 Å². The molecule has 3 aliphatic rings. The highest BCUT2D eigenvalue weighted by atomic mass is 16.5. The Morgan fingerprint density at radius 2 is 1.58 bits per heavy atom. The van der Waals surface area contributed by atoms with Gasteiger partial charge in [0.05, 0.1) is 11.8 Å². The van der Waals surface area contributed by atoms with Crippen LogP contribution in [0.3, 0.4) is 0 Å². The van der Waals surface area contributed by atoms with Gasteiger partial charge in [-0.2, -0.15) is 0 Å². The monoisotopic (exact) mass is 417 g/mol. The number of ketones is 1. The Balaban J connectivity index is 1.21. The van der Waals surface area contributed by atoms with Gasteiger partial charge in [0.1, 0.15) is 6.54 Å². The van der Waals surface area contributed by atoms with Crippen molar-refractivity contribution in [2.45, 2.75) is 32.1 Å². The van der Waals surface area contributed by atoms with E-state index in [2.05, 4.69) is 6.07 Å². The van der Waals surface area contributed by atoms with Gasteiger partial charge in [0.15, 0.2) is 12.4 Å². The van der Waals surface area contributed by atoms with Crippen LogP contribution in [0.2, 0.25) is 0 Å². The number of nitrogens with zero attached hydrogens (tertiary/aromatic N) is 1. The minimum Gasteiger partial charge on any atom is -0.456 e. The van der Waals surface area contributed by atoms with Gasteiger partial charge < -0.3 is 4.74 Å². The maximum atomic E-state index is 12.6. The molecule has 1 saturated carbocycles. The van der Waals surface area contributed by atoms with Gasteiger partial charge in [-0.05, 0) is 47.6 Å². The number of ether oxygens (including phenoxy) is 1. The summed E-state index contributed by atoms with van der Waals surface area (Å²) in [6.07, 6.45) is 4.09. The lowest BCUT2D eigenvalue weighted by Gasteiger charge is -2.19. The van der Waals surface area contributed by atoms with Crippen molar-refractivity contribution in [3.63, 3.8) is 0 Å². The van der Waals surface area contributed by atoms with E-state index < -0.39 is 19.1 Å². The summed E-state index contributed by atoms with van der Waals surface area (Å²) in [7, 11) is 0. The van der Waals surface area contributed by atoms with E-state index in [4.69, 9.17) is 4.74 Å². The first-order valence-corrected chi connectivity index (χ1v) is 10.8. The quantitative estimate of drug-likeness (QED) is 0.362. The van der Waals surface area contributed by atoms with Crippen LogP contribution in [0.25, 0.3) is 11.1 Å². The van der Waals surface area contributed by atoms with E-state index in [0.717, 1.165) is 35.3 Å². The van der Waals surface area contributed by atoms with E-state index in [-0.39, 0.29) is 29.4 Å². The molecule has 2 aliphatic carbocycles. The van der Waals surface area contributed by atoms with Crippen LogP contribution < -0.4 is 0 Å². The van der Waals surface area contributed by atoms with E-state index in [1.807, 2.05) is 30.3 Å². The highest BCUT2D eigenvalue weighted by Gasteiger charge is 2.48. The molecule has 1 heterocycles. The number of hydrogen-bond acceptors (Lipinski definition) is 5. The largest absolute Gasteiger partial charge is 0.456 e. The molecule has 31 heavy (non-hydrogen) atoms. The summed E-state index contributed by atoms with van der Waals surface area (Å²) in [5.74, 6) is -2.21. The highest BCUT2D eigenvalue weighted by Crippen LogP contribution is 2.38. The Labute approximate surface area is 180 Å². The number of carbonyl (C=O) groups excluding carboxylic acids is 4. The molecule has 6 nitrogen and oxygen atoms in total. The minimum atomic E-state index is -0.736. The van der Waals surface area contributed by atoms with Crippen LogP contribution in [-0.4, -0.2) is 41.6 Å². The van der Waals surface area contributed by atoms with Crippen LogP contribution in [-0.2, 0) is 25.5 Å². The Hall–Kier alpha value is -3.28. The second kappa shape index (κ2) is 7.76. The number of imide groups is 1. The predicted octanol–water partition coefficient (Wildman–Crippen LogP) is 3.16. The van der Waals surface area contributed by atoms with Crippen molar-refractivity contribution < 1.29 is 23.9 Å². The number of hydrogen-bond donors (Lipinski definition) is 0. The first kappa shape index (κ1) is 19.7. The standard InChI is InChI=1S/C25H23NO5/c27-22(17-10-9-16-11-15-5-1-2-6-18(15)21(16)12-17)14-31-23(28)13-26-24(29)19-7-3-4-8-20(19)25(26)30/h1-2,5-6,9-10,12,19-20H,3-4,7-8,11,13-14H2. The Kier molecular flexibility index (Phi) is 4.93. The number of benzene rings is 2. The molecule has 2 aromatic carbocycles. The molecule has 2 atom stereocenters. The SMILES string of the molecule is O=C(CN1C(=O)C2CCCCC2C1=O)OCC(=O)c1ccc2c(c1)-c1ccccc1C2. The lowest BCUT2D eigenvalue weighted by atomic mass is 9.81. The molecule has 2 unspecified atom stereocenters. The van der Waals surface area contributed by atoms with Gasteiger partial charge in [-0.1, -0.05) is 49.2 Å². The van der Waals surface area contributed by atoms with Crippen molar-refractivity contribution in [1.82, 2.24) is 4.90 Å². The van der Waals surface area contributed by atoms with E-state index in [1.54, 1.807) is 6.07 Å². The van der Waals surface area contributed by atoms with Crippen molar-refractivity contribution in [1.29, 1.82) is 0 Å². The number of esters is 1. The van der Waals surface area contributed by atoms with Crippen molar-refractivity contribution in [3.8, 4) is 11.1 Å². The zero-order valence-electron chi connectivity index (χ0n) is 17.1. The normalized spacial score (nSPS) is 21.5. The fraction of sp³-hybridized carbons (Fsp3) is 0.360.